The van der Waals surface area contributed by atoms with Crippen LogP contribution in [0.1, 0.15) is 19.8 Å². The predicted molar refractivity (Wildman–Crippen MR) is 68.3 cm³/mol. The van der Waals surface area contributed by atoms with Gasteiger partial charge in [0.1, 0.15) is 0 Å². The van der Waals surface area contributed by atoms with Crippen molar-refractivity contribution in [1.29, 1.82) is 0 Å². The molecule has 0 radical (unpaired) electrons. The fraction of sp³-hybridized carbons (Fsp3) is 0.833. The van der Waals surface area contributed by atoms with E-state index in [0.717, 1.165) is 0 Å². The molecule has 0 saturated carbocycles. The second-order valence-corrected chi connectivity index (χ2v) is 5.43. The monoisotopic (exact) mass is 310 g/mol. The Bertz CT molecular complexity index is 342. The molecule has 124 valence electrons. The summed E-state index contributed by atoms with van der Waals surface area (Å²) < 4.78 is 0. The summed E-state index contributed by atoms with van der Waals surface area (Å²) in [7, 11) is 0. The van der Waals surface area contributed by atoms with Crippen LogP contribution in [-0.4, -0.2) is 79.7 Å². The number of aliphatic hydroxyl groups is 5. The molecule has 0 saturated heterocycles. The van der Waals surface area contributed by atoms with Crippen molar-refractivity contribution in [3.8, 4) is 0 Å². The molecule has 0 amide bonds. The van der Waals surface area contributed by atoms with E-state index in [-0.39, 0.29) is 0 Å². The maximum Gasteiger partial charge on any atom is 0.332 e. The van der Waals surface area contributed by atoms with Gasteiger partial charge in [0.05, 0.1) is 13.2 Å². The molecular weight excluding hydrogens is 288 g/mol. The molecule has 2 unspecified atom stereocenters. The summed E-state index contributed by atoms with van der Waals surface area (Å²) >= 11 is 0. The minimum atomic E-state index is -1.95. The first-order valence-corrected chi connectivity index (χ1v) is 6.23. The summed E-state index contributed by atoms with van der Waals surface area (Å²) in [4.78, 5) is 21.6. The number of carboxylic acid groups (broad SMARTS) is 2. The van der Waals surface area contributed by atoms with Gasteiger partial charge in [-0.25, -0.2) is 9.59 Å². The molecule has 0 aromatic rings. The first kappa shape index (κ1) is 19.7. The van der Waals surface area contributed by atoms with Gasteiger partial charge in [-0.05, 0) is 12.8 Å². The molecular formula is C12H22O9. The molecule has 0 spiro atoms. The van der Waals surface area contributed by atoms with Crippen LogP contribution in [-0.2, 0) is 9.59 Å². The highest BCUT2D eigenvalue weighted by molar-refractivity contribution is 5.73. The van der Waals surface area contributed by atoms with E-state index in [1.54, 1.807) is 0 Å². The van der Waals surface area contributed by atoms with Crippen LogP contribution in [0.5, 0.6) is 0 Å². The van der Waals surface area contributed by atoms with Crippen molar-refractivity contribution in [3.63, 3.8) is 0 Å². The molecule has 0 aromatic carbocycles. The summed E-state index contributed by atoms with van der Waals surface area (Å²) in [6.45, 7) is -0.947. The van der Waals surface area contributed by atoms with Crippen LogP contribution in [0.15, 0.2) is 0 Å². The van der Waals surface area contributed by atoms with E-state index in [4.69, 9.17) is 10.2 Å². The quantitative estimate of drug-likeness (QED) is 0.232. The van der Waals surface area contributed by atoms with E-state index >= 15 is 0 Å². The molecule has 7 N–H and O–H groups in total. The van der Waals surface area contributed by atoms with E-state index < -0.39 is 67.6 Å². The molecule has 0 aliphatic carbocycles. The van der Waals surface area contributed by atoms with Crippen LogP contribution in [0.4, 0.5) is 0 Å². The van der Waals surface area contributed by atoms with E-state index in [0.29, 0.717) is 0 Å². The summed E-state index contributed by atoms with van der Waals surface area (Å²) in [5, 5.41) is 65.0. The average Bonchev–Trinajstić information content (AvgIpc) is 2.44. The lowest BCUT2D eigenvalue weighted by Gasteiger charge is -2.47. The summed E-state index contributed by atoms with van der Waals surface area (Å²) in [6, 6.07) is 0. The minimum Gasteiger partial charge on any atom is -0.479 e. The fourth-order valence-electron chi connectivity index (χ4n) is 2.20. The van der Waals surface area contributed by atoms with Gasteiger partial charge < -0.3 is 35.7 Å². The van der Waals surface area contributed by atoms with E-state index in [2.05, 4.69) is 0 Å². The first-order valence-electron chi connectivity index (χ1n) is 6.23. The van der Waals surface area contributed by atoms with Gasteiger partial charge in [0.2, 0.25) is 0 Å². The standard InChI is InChI=1S/C12H22O9/c1-11(4-13,5-14)12(6-15,2-7(16)9(18)19)3-8(17)10(20)21/h7-8,13-17H,2-6H2,1H3,(H,18,19)(H,20,21). The zero-order valence-electron chi connectivity index (χ0n) is 11.6. The van der Waals surface area contributed by atoms with Crippen LogP contribution in [0.2, 0.25) is 0 Å². The van der Waals surface area contributed by atoms with E-state index in [1.165, 1.54) is 6.92 Å². The molecule has 0 rings (SSSR count). The highest BCUT2D eigenvalue weighted by Gasteiger charge is 2.50. The minimum absolute atomic E-state index is 0.638. The van der Waals surface area contributed by atoms with Gasteiger partial charge in [0.15, 0.2) is 12.2 Å². The van der Waals surface area contributed by atoms with Gasteiger partial charge in [0.25, 0.3) is 0 Å². The SMILES string of the molecule is CC(CO)(CO)C(CO)(CC(O)C(=O)O)CC(O)C(=O)O. The Hall–Kier alpha value is -1.26. The maximum atomic E-state index is 10.8. The van der Waals surface area contributed by atoms with Crippen LogP contribution in [0.3, 0.4) is 0 Å². The number of carbonyl (C=O) groups is 2. The third kappa shape index (κ3) is 4.35. The number of aliphatic hydroxyl groups excluding tert-OH is 5. The second kappa shape index (κ2) is 7.66. The molecule has 2 atom stereocenters. The van der Waals surface area contributed by atoms with E-state index in [1.807, 2.05) is 0 Å². The van der Waals surface area contributed by atoms with Gasteiger partial charge in [-0.1, -0.05) is 6.92 Å². The van der Waals surface area contributed by atoms with Crippen LogP contribution in [0.25, 0.3) is 0 Å². The molecule has 21 heavy (non-hydrogen) atoms. The van der Waals surface area contributed by atoms with Crippen molar-refractivity contribution in [2.75, 3.05) is 19.8 Å². The largest absolute Gasteiger partial charge is 0.479 e. The molecule has 0 bridgehead atoms. The fourth-order valence-corrected chi connectivity index (χ4v) is 2.20. The summed E-state index contributed by atoms with van der Waals surface area (Å²) in [5.74, 6) is -3.20. The second-order valence-electron chi connectivity index (χ2n) is 5.43. The number of aliphatic carboxylic acids is 2. The molecule has 0 aliphatic heterocycles. The van der Waals surface area contributed by atoms with Crippen molar-refractivity contribution >= 4 is 11.9 Å². The van der Waals surface area contributed by atoms with E-state index in [9.17, 15) is 35.1 Å². The van der Waals surface area contributed by atoms with Crippen LogP contribution >= 0.6 is 0 Å². The summed E-state index contributed by atoms with van der Waals surface area (Å²) in [6.07, 6.45) is -5.17. The van der Waals surface area contributed by atoms with Gasteiger partial charge >= 0.3 is 11.9 Å². The average molecular weight is 310 g/mol. The highest BCUT2D eigenvalue weighted by atomic mass is 16.4. The van der Waals surface area contributed by atoms with Gasteiger partial charge in [-0.3, -0.25) is 0 Å². The van der Waals surface area contributed by atoms with Crippen molar-refractivity contribution in [2.24, 2.45) is 10.8 Å². The zero-order chi connectivity index (χ0) is 16.8. The lowest BCUT2D eigenvalue weighted by molar-refractivity contribution is -0.163. The number of hydrogen-bond acceptors (Lipinski definition) is 7. The summed E-state index contributed by atoms with van der Waals surface area (Å²) in [5.41, 5.74) is -3.21. The third-order valence-electron chi connectivity index (χ3n) is 4.02. The first-order chi connectivity index (χ1) is 9.59. The number of rotatable bonds is 10. The maximum absolute atomic E-state index is 10.8. The van der Waals surface area contributed by atoms with Crippen molar-refractivity contribution in [1.82, 2.24) is 0 Å². The molecule has 0 aliphatic rings. The normalized spacial score (nSPS) is 17.8. The number of hydrogen-bond donors (Lipinski definition) is 7. The van der Waals surface area contributed by atoms with Crippen molar-refractivity contribution in [2.45, 2.75) is 32.0 Å². The molecule has 0 heterocycles. The van der Waals surface area contributed by atoms with Gasteiger partial charge in [0, 0.05) is 17.4 Å². The van der Waals surface area contributed by atoms with Gasteiger partial charge in [-0.15, -0.1) is 0 Å². The number of carboxylic acids is 2. The Kier molecular flexibility index (Phi) is 7.20. The highest BCUT2D eigenvalue weighted by Crippen LogP contribution is 2.46. The smallest absolute Gasteiger partial charge is 0.332 e. The van der Waals surface area contributed by atoms with Crippen LogP contribution in [0, 0.1) is 10.8 Å². The molecule has 0 fully saturated rings. The third-order valence-corrected chi connectivity index (χ3v) is 4.02. The van der Waals surface area contributed by atoms with Crippen molar-refractivity contribution in [3.05, 3.63) is 0 Å². The zero-order valence-corrected chi connectivity index (χ0v) is 11.6. The van der Waals surface area contributed by atoms with Gasteiger partial charge in [-0.2, -0.15) is 0 Å². The predicted octanol–water partition coefficient (Wildman–Crippen LogP) is -2.37. The molecule has 9 nitrogen and oxygen atoms in total. The Morgan fingerprint density at radius 2 is 1.19 bits per heavy atom. The molecule has 0 aromatic heterocycles. The topological polar surface area (TPSA) is 176 Å². The Balaban J connectivity index is 5.68. The van der Waals surface area contributed by atoms with Crippen molar-refractivity contribution < 1.29 is 45.3 Å². The van der Waals surface area contributed by atoms with Crippen LogP contribution < -0.4 is 0 Å². The molecule has 9 heteroatoms. The lowest BCUT2D eigenvalue weighted by atomic mass is 9.60. The lowest BCUT2D eigenvalue weighted by Crippen LogP contribution is -2.52. The Morgan fingerprint density at radius 1 is 0.857 bits per heavy atom. The Labute approximate surface area is 121 Å². The Morgan fingerprint density at radius 3 is 1.38 bits per heavy atom.